The molecule has 0 spiro atoms. The number of nitrogens with zero attached hydrogens (tertiary/aromatic N) is 2. The molecule has 1 aromatic carbocycles. The normalized spacial score (nSPS) is 10.6. The van der Waals surface area contributed by atoms with Crippen LogP contribution in [0.1, 0.15) is 10.4 Å². The van der Waals surface area contributed by atoms with Crippen molar-refractivity contribution in [2.45, 2.75) is 0 Å². The van der Waals surface area contributed by atoms with E-state index in [0.717, 1.165) is 14.7 Å². The number of nitrogens with one attached hydrogen (secondary N) is 1. The summed E-state index contributed by atoms with van der Waals surface area (Å²) in [5.41, 5.74) is 0.175. The first-order valence-corrected chi connectivity index (χ1v) is 7.39. The van der Waals surface area contributed by atoms with Gasteiger partial charge in [0.05, 0.1) is 8.66 Å². The first-order chi connectivity index (χ1) is 10.1. The Bertz CT molecular complexity index is 802. The van der Waals surface area contributed by atoms with Crippen molar-refractivity contribution in [1.82, 2.24) is 10.2 Å². The fourth-order valence-corrected chi connectivity index (χ4v) is 2.91. The summed E-state index contributed by atoms with van der Waals surface area (Å²) in [6.07, 6.45) is 0. The van der Waals surface area contributed by atoms with Crippen LogP contribution in [0, 0.1) is 5.82 Å². The van der Waals surface area contributed by atoms with E-state index in [1.807, 2.05) is 12.1 Å². The average Bonchev–Trinajstić information content (AvgIpc) is 3.07. The number of halogens is 2. The van der Waals surface area contributed by atoms with Crippen molar-refractivity contribution >= 4 is 39.2 Å². The lowest BCUT2D eigenvalue weighted by Crippen LogP contribution is -2.12. The van der Waals surface area contributed by atoms with Crippen molar-refractivity contribution in [2.24, 2.45) is 0 Å². The zero-order chi connectivity index (χ0) is 14.8. The number of thiophene rings is 1. The summed E-state index contributed by atoms with van der Waals surface area (Å²) >= 11 is 4.77. The molecule has 8 heteroatoms. The quantitative estimate of drug-likeness (QED) is 0.760. The van der Waals surface area contributed by atoms with Crippen LogP contribution in [0.5, 0.6) is 0 Å². The molecule has 0 saturated heterocycles. The highest BCUT2D eigenvalue weighted by Gasteiger charge is 2.14. The SMILES string of the molecule is O=C(Nc1nnc(-c2ccc(Br)s2)o1)c1cccc(F)c1. The van der Waals surface area contributed by atoms with E-state index in [1.54, 1.807) is 0 Å². The first-order valence-electron chi connectivity index (χ1n) is 5.78. The lowest BCUT2D eigenvalue weighted by Gasteiger charge is -1.99. The van der Waals surface area contributed by atoms with Crippen molar-refractivity contribution in [1.29, 1.82) is 0 Å². The van der Waals surface area contributed by atoms with E-state index in [0.29, 0.717) is 5.89 Å². The van der Waals surface area contributed by atoms with Gasteiger partial charge in [0.1, 0.15) is 5.82 Å². The van der Waals surface area contributed by atoms with Gasteiger partial charge in [-0.2, -0.15) is 0 Å². The zero-order valence-corrected chi connectivity index (χ0v) is 12.7. The topological polar surface area (TPSA) is 68.0 Å². The first kappa shape index (κ1) is 13.9. The van der Waals surface area contributed by atoms with Crippen LogP contribution in [0.2, 0.25) is 0 Å². The van der Waals surface area contributed by atoms with Crippen molar-refractivity contribution in [3.63, 3.8) is 0 Å². The number of carbonyl (C=O) groups excluding carboxylic acids is 1. The number of hydrogen-bond acceptors (Lipinski definition) is 5. The zero-order valence-electron chi connectivity index (χ0n) is 10.3. The molecule has 0 aliphatic heterocycles. The summed E-state index contributed by atoms with van der Waals surface area (Å²) in [4.78, 5) is 12.7. The molecule has 5 nitrogen and oxygen atoms in total. The van der Waals surface area contributed by atoms with Gasteiger partial charge in [0, 0.05) is 5.56 Å². The molecular formula is C13H7BrFN3O2S. The summed E-state index contributed by atoms with van der Waals surface area (Å²) in [7, 11) is 0. The molecule has 0 saturated carbocycles. The van der Waals surface area contributed by atoms with Gasteiger partial charge in [0.15, 0.2) is 0 Å². The van der Waals surface area contributed by atoms with Gasteiger partial charge in [-0.15, -0.1) is 16.4 Å². The lowest BCUT2D eigenvalue weighted by atomic mass is 10.2. The van der Waals surface area contributed by atoms with E-state index in [-0.39, 0.29) is 11.6 Å². The average molecular weight is 368 g/mol. The van der Waals surface area contributed by atoms with Gasteiger partial charge in [-0.3, -0.25) is 10.1 Å². The van der Waals surface area contributed by atoms with Crippen molar-refractivity contribution in [3.8, 4) is 10.8 Å². The minimum absolute atomic E-state index is 0.0382. The van der Waals surface area contributed by atoms with E-state index in [2.05, 4.69) is 31.4 Å². The third kappa shape index (κ3) is 3.17. The van der Waals surface area contributed by atoms with E-state index in [9.17, 15) is 9.18 Å². The molecule has 0 radical (unpaired) electrons. The van der Waals surface area contributed by atoms with Gasteiger partial charge in [-0.05, 0) is 46.3 Å². The van der Waals surface area contributed by atoms with E-state index < -0.39 is 11.7 Å². The number of hydrogen-bond donors (Lipinski definition) is 1. The maximum Gasteiger partial charge on any atom is 0.322 e. The summed E-state index contributed by atoms with van der Waals surface area (Å²) in [6.45, 7) is 0. The molecule has 106 valence electrons. The van der Waals surface area contributed by atoms with Gasteiger partial charge < -0.3 is 4.42 Å². The Morgan fingerprint density at radius 3 is 2.86 bits per heavy atom. The van der Waals surface area contributed by atoms with Crippen LogP contribution in [-0.4, -0.2) is 16.1 Å². The van der Waals surface area contributed by atoms with E-state index >= 15 is 0 Å². The maximum absolute atomic E-state index is 13.1. The van der Waals surface area contributed by atoms with Crippen molar-refractivity contribution < 1.29 is 13.6 Å². The minimum atomic E-state index is -0.517. The molecule has 21 heavy (non-hydrogen) atoms. The molecule has 0 aliphatic rings. The Labute approximate surface area is 130 Å². The van der Waals surface area contributed by atoms with Crippen LogP contribution in [-0.2, 0) is 0 Å². The Kier molecular flexibility index (Phi) is 3.80. The van der Waals surface area contributed by atoms with Crippen LogP contribution in [0.15, 0.2) is 44.6 Å². The second kappa shape index (κ2) is 5.74. The fraction of sp³-hybridized carbons (Fsp3) is 0. The van der Waals surface area contributed by atoms with Crippen LogP contribution >= 0.6 is 27.3 Å². The monoisotopic (exact) mass is 367 g/mol. The summed E-state index contributed by atoms with van der Waals surface area (Å²) in [5, 5.41) is 10.0. The Hall–Kier alpha value is -2.06. The Balaban J connectivity index is 1.77. The second-order valence-corrected chi connectivity index (χ2v) is 6.44. The predicted molar refractivity (Wildman–Crippen MR) is 79.7 cm³/mol. The molecule has 0 atom stereocenters. The van der Waals surface area contributed by atoms with E-state index in [1.165, 1.54) is 29.5 Å². The third-order valence-electron chi connectivity index (χ3n) is 2.52. The maximum atomic E-state index is 13.1. The van der Waals surface area contributed by atoms with E-state index in [4.69, 9.17) is 4.42 Å². The highest BCUT2D eigenvalue weighted by atomic mass is 79.9. The highest BCUT2D eigenvalue weighted by molar-refractivity contribution is 9.11. The van der Waals surface area contributed by atoms with Crippen molar-refractivity contribution in [3.05, 3.63) is 51.6 Å². The van der Waals surface area contributed by atoms with Crippen molar-refractivity contribution in [2.75, 3.05) is 5.32 Å². The molecule has 2 heterocycles. The summed E-state index contributed by atoms with van der Waals surface area (Å²) < 4.78 is 19.3. The van der Waals surface area contributed by atoms with Gasteiger partial charge in [-0.1, -0.05) is 11.2 Å². The van der Waals surface area contributed by atoms with Crippen LogP contribution in [0.4, 0.5) is 10.4 Å². The number of benzene rings is 1. The second-order valence-electron chi connectivity index (χ2n) is 3.98. The molecule has 1 N–H and O–H groups in total. The van der Waals surface area contributed by atoms with Crippen LogP contribution in [0.3, 0.4) is 0 Å². The standard InChI is InChI=1S/C13H7BrFN3O2S/c14-10-5-4-9(21-10)12-17-18-13(20-12)16-11(19)7-2-1-3-8(15)6-7/h1-6H,(H,16,18,19). The number of rotatable bonds is 3. The Morgan fingerprint density at radius 1 is 1.29 bits per heavy atom. The number of carbonyl (C=O) groups is 1. The lowest BCUT2D eigenvalue weighted by molar-refractivity contribution is 0.102. The van der Waals surface area contributed by atoms with Gasteiger partial charge in [0.25, 0.3) is 11.8 Å². The number of aromatic nitrogens is 2. The highest BCUT2D eigenvalue weighted by Crippen LogP contribution is 2.30. The smallest absolute Gasteiger partial charge is 0.322 e. The molecule has 1 amide bonds. The molecule has 0 unspecified atom stereocenters. The van der Waals surface area contributed by atoms with Crippen LogP contribution in [0.25, 0.3) is 10.8 Å². The molecule has 2 aromatic heterocycles. The largest absolute Gasteiger partial charge is 0.402 e. The fourth-order valence-electron chi connectivity index (χ4n) is 1.60. The third-order valence-corrected chi connectivity index (χ3v) is 4.13. The summed E-state index contributed by atoms with van der Waals surface area (Å²) in [6, 6.07) is 8.97. The van der Waals surface area contributed by atoms with Gasteiger partial charge >= 0.3 is 6.01 Å². The minimum Gasteiger partial charge on any atom is -0.402 e. The molecular weight excluding hydrogens is 361 g/mol. The molecule has 0 aliphatic carbocycles. The van der Waals surface area contributed by atoms with Gasteiger partial charge in [-0.25, -0.2) is 4.39 Å². The predicted octanol–water partition coefficient (Wildman–Crippen LogP) is 3.95. The molecule has 0 fully saturated rings. The molecule has 3 rings (SSSR count). The number of anilines is 1. The van der Waals surface area contributed by atoms with Gasteiger partial charge in [0.2, 0.25) is 0 Å². The summed E-state index contributed by atoms with van der Waals surface area (Å²) in [5.74, 6) is -0.699. The van der Waals surface area contributed by atoms with Crippen LogP contribution < -0.4 is 5.32 Å². The number of amides is 1. The molecule has 3 aromatic rings. The Morgan fingerprint density at radius 2 is 2.14 bits per heavy atom. The molecule has 0 bridgehead atoms.